The number of rotatable bonds is 9. The molecule has 0 aromatic carbocycles. The molecule has 1 fully saturated rings. The van der Waals surface area contributed by atoms with Gasteiger partial charge in [-0.2, -0.15) is 0 Å². The van der Waals surface area contributed by atoms with Crippen molar-refractivity contribution in [1.29, 1.82) is 0 Å². The maximum absolute atomic E-state index is 11.9. The predicted molar refractivity (Wildman–Crippen MR) is 109 cm³/mol. The van der Waals surface area contributed by atoms with Crippen molar-refractivity contribution in [2.75, 3.05) is 43.4 Å². The number of nitrogens with one attached hydrogen (secondary N) is 1. The van der Waals surface area contributed by atoms with Crippen molar-refractivity contribution in [1.82, 2.24) is 20.2 Å². The molecule has 2 heterocycles. The minimum atomic E-state index is -0.0204. The maximum Gasteiger partial charge on any atom is 0.230 e. The van der Waals surface area contributed by atoms with Crippen LogP contribution in [0.2, 0.25) is 5.15 Å². The molecule has 0 atom stereocenters. The monoisotopic (exact) mass is 413 g/mol. The van der Waals surface area contributed by atoms with Crippen LogP contribution in [0.15, 0.2) is 11.2 Å². The number of halogens is 1. The molecule has 7 nitrogen and oxygen atoms in total. The first-order valence-corrected chi connectivity index (χ1v) is 10.9. The minimum Gasteiger partial charge on any atom is -0.355 e. The van der Waals surface area contributed by atoms with E-state index in [0.717, 1.165) is 25.1 Å². The summed E-state index contributed by atoms with van der Waals surface area (Å²) < 4.78 is 0. The molecule has 2 amide bonds. The number of carbonyl (C=O) groups is 2. The van der Waals surface area contributed by atoms with E-state index in [0.29, 0.717) is 49.5 Å². The van der Waals surface area contributed by atoms with Crippen molar-refractivity contribution in [2.24, 2.45) is 0 Å². The van der Waals surface area contributed by atoms with Crippen molar-refractivity contribution in [2.45, 2.75) is 44.7 Å². The van der Waals surface area contributed by atoms with Gasteiger partial charge in [0.2, 0.25) is 11.8 Å². The molecule has 0 bridgehead atoms. The van der Waals surface area contributed by atoms with E-state index in [9.17, 15) is 9.59 Å². The number of anilines is 1. The highest BCUT2D eigenvalue weighted by molar-refractivity contribution is 7.99. The summed E-state index contributed by atoms with van der Waals surface area (Å²) in [6, 6.07) is 1.73. The fourth-order valence-corrected chi connectivity index (χ4v) is 3.72. The Morgan fingerprint density at radius 2 is 1.93 bits per heavy atom. The van der Waals surface area contributed by atoms with Crippen molar-refractivity contribution >= 4 is 41.0 Å². The lowest BCUT2D eigenvalue weighted by Gasteiger charge is -2.35. The number of hydrogen-bond donors (Lipinski definition) is 1. The SMILES string of the molecule is CCCCCNC(=O)CSc1nc(Cl)cc(N2CCN(C(=O)CC)CC2)n1. The number of thioether (sulfide) groups is 1. The molecule has 9 heteroatoms. The Balaban J connectivity index is 1.87. The lowest BCUT2D eigenvalue weighted by atomic mass is 10.2. The molecule has 27 heavy (non-hydrogen) atoms. The number of carbonyl (C=O) groups excluding carboxylic acids is 2. The van der Waals surface area contributed by atoms with Crippen LogP contribution in [0.5, 0.6) is 0 Å². The second kappa shape index (κ2) is 11.3. The predicted octanol–water partition coefficient (Wildman–Crippen LogP) is 2.59. The van der Waals surface area contributed by atoms with Crippen LogP contribution in [-0.2, 0) is 9.59 Å². The highest BCUT2D eigenvalue weighted by Crippen LogP contribution is 2.22. The molecular formula is C18H28ClN5O2S. The standard InChI is InChI=1S/C18H28ClN5O2S/c1-3-5-6-7-20-16(25)13-27-18-21-14(19)12-15(22-18)23-8-10-24(11-9-23)17(26)4-2/h12H,3-11,13H2,1-2H3,(H,20,25). The average Bonchev–Trinajstić information content (AvgIpc) is 2.69. The average molecular weight is 414 g/mol. The summed E-state index contributed by atoms with van der Waals surface area (Å²) in [6.45, 7) is 7.49. The zero-order valence-corrected chi connectivity index (χ0v) is 17.6. The van der Waals surface area contributed by atoms with Gasteiger partial charge in [0.05, 0.1) is 5.75 Å². The quantitative estimate of drug-likeness (QED) is 0.290. The summed E-state index contributed by atoms with van der Waals surface area (Å²) in [5, 5.41) is 3.76. The molecule has 150 valence electrons. The van der Waals surface area contributed by atoms with Crippen LogP contribution in [-0.4, -0.2) is 65.2 Å². The fraction of sp³-hybridized carbons (Fsp3) is 0.667. The Hall–Kier alpha value is -1.54. The van der Waals surface area contributed by atoms with Crippen LogP contribution >= 0.6 is 23.4 Å². The maximum atomic E-state index is 11.9. The van der Waals surface area contributed by atoms with Gasteiger partial charge in [0.1, 0.15) is 11.0 Å². The van der Waals surface area contributed by atoms with E-state index >= 15 is 0 Å². The Labute approximate surface area is 170 Å². The highest BCUT2D eigenvalue weighted by Gasteiger charge is 2.21. The smallest absolute Gasteiger partial charge is 0.230 e. The first-order valence-electron chi connectivity index (χ1n) is 9.50. The van der Waals surface area contributed by atoms with Crippen molar-refractivity contribution < 1.29 is 9.59 Å². The zero-order valence-electron chi connectivity index (χ0n) is 16.0. The molecule has 0 aliphatic carbocycles. The van der Waals surface area contributed by atoms with Crippen LogP contribution in [0.25, 0.3) is 0 Å². The lowest BCUT2D eigenvalue weighted by molar-refractivity contribution is -0.131. The highest BCUT2D eigenvalue weighted by atomic mass is 35.5. The number of nitrogens with zero attached hydrogens (tertiary/aromatic N) is 4. The van der Waals surface area contributed by atoms with Crippen molar-refractivity contribution in [3.8, 4) is 0 Å². The first-order chi connectivity index (χ1) is 13.0. The molecule has 0 unspecified atom stereocenters. The van der Waals surface area contributed by atoms with E-state index in [4.69, 9.17) is 11.6 Å². The molecular weight excluding hydrogens is 386 g/mol. The fourth-order valence-electron chi connectivity index (χ4n) is 2.80. The number of aromatic nitrogens is 2. The Kier molecular flexibility index (Phi) is 9.14. The molecule has 1 aromatic rings. The summed E-state index contributed by atoms with van der Waals surface area (Å²) in [4.78, 5) is 36.4. The van der Waals surface area contributed by atoms with Crippen LogP contribution in [0.4, 0.5) is 5.82 Å². The normalized spacial score (nSPS) is 14.3. The Morgan fingerprint density at radius 3 is 2.59 bits per heavy atom. The van der Waals surface area contributed by atoms with Gasteiger partial charge in [0.25, 0.3) is 0 Å². The van der Waals surface area contributed by atoms with E-state index in [-0.39, 0.29) is 17.6 Å². The van der Waals surface area contributed by atoms with Gasteiger partial charge in [0.15, 0.2) is 5.16 Å². The van der Waals surface area contributed by atoms with E-state index in [2.05, 4.69) is 27.1 Å². The summed E-state index contributed by atoms with van der Waals surface area (Å²) in [6.07, 6.45) is 3.77. The molecule has 0 spiro atoms. The van der Waals surface area contributed by atoms with Crippen LogP contribution in [0.1, 0.15) is 39.5 Å². The van der Waals surface area contributed by atoms with Crippen LogP contribution < -0.4 is 10.2 Å². The molecule has 0 radical (unpaired) electrons. The molecule has 1 saturated heterocycles. The third kappa shape index (κ3) is 7.18. The van der Waals surface area contributed by atoms with Gasteiger partial charge < -0.3 is 15.1 Å². The molecule has 0 saturated carbocycles. The molecule has 1 aliphatic rings. The van der Waals surface area contributed by atoms with Gasteiger partial charge in [-0.25, -0.2) is 9.97 Å². The van der Waals surface area contributed by atoms with Gasteiger partial charge in [-0.3, -0.25) is 9.59 Å². The zero-order chi connectivity index (χ0) is 19.6. The second-order valence-corrected chi connectivity index (χ2v) is 7.73. The number of hydrogen-bond acceptors (Lipinski definition) is 6. The summed E-state index contributed by atoms with van der Waals surface area (Å²) in [5.41, 5.74) is 0. The Morgan fingerprint density at radius 1 is 1.19 bits per heavy atom. The van der Waals surface area contributed by atoms with Gasteiger partial charge in [0, 0.05) is 45.2 Å². The van der Waals surface area contributed by atoms with Gasteiger partial charge in [-0.15, -0.1) is 0 Å². The van der Waals surface area contributed by atoms with Crippen LogP contribution in [0.3, 0.4) is 0 Å². The lowest BCUT2D eigenvalue weighted by Crippen LogP contribution is -2.48. The number of amides is 2. The molecule has 1 N–H and O–H groups in total. The van der Waals surface area contributed by atoms with Gasteiger partial charge in [-0.05, 0) is 6.42 Å². The number of piperazine rings is 1. The van der Waals surface area contributed by atoms with E-state index in [1.54, 1.807) is 6.07 Å². The van der Waals surface area contributed by atoms with E-state index in [1.807, 2.05) is 11.8 Å². The van der Waals surface area contributed by atoms with Gasteiger partial charge in [-0.1, -0.05) is 50.1 Å². The van der Waals surface area contributed by atoms with E-state index in [1.165, 1.54) is 11.8 Å². The second-order valence-electron chi connectivity index (χ2n) is 6.40. The van der Waals surface area contributed by atoms with E-state index < -0.39 is 0 Å². The molecule has 2 rings (SSSR count). The first kappa shape index (κ1) is 21.8. The summed E-state index contributed by atoms with van der Waals surface area (Å²) >= 11 is 7.43. The Bertz CT molecular complexity index is 638. The van der Waals surface area contributed by atoms with Gasteiger partial charge >= 0.3 is 0 Å². The summed E-state index contributed by atoms with van der Waals surface area (Å²) in [5.74, 6) is 1.17. The number of unbranched alkanes of at least 4 members (excludes halogenated alkanes) is 2. The van der Waals surface area contributed by atoms with Crippen molar-refractivity contribution in [3.63, 3.8) is 0 Å². The molecule has 1 aliphatic heterocycles. The van der Waals surface area contributed by atoms with Crippen molar-refractivity contribution in [3.05, 3.63) is 11.2 Å². The third-order valence-electron chi connectivity index (χ3n) is 4.35. The molecule has 1 aromatic heterocycles. The minimum absolute atomic E-state index is 0.0204. The summed E-state index contributed by atoms with van der Waals surface area (Å²) in [7, 11) is 0. The third-order valence-corrected chi connectivity index (χ3v) is 5.40. The van der Waals surface area contributed by atoms with Crippen LogP contribution in [0, 0.1) is 0 Å². The topological polar surface area (TPSA) is 78.4 Å². The largest absolute Gasteiger partial charge is 0.355 e.